The van der Waals surface area contributed by atoms with Crippen LogP contribution in [0.5, 0.6) is 0 Å². The Hall–Kier alpha value is -7.31. The molecular weight excluding hydrogens is 862 g/mol. The molecule has 0 spiro atoms. The summed E-state index contributed by atoms with van der Waals surface area (Å²) in [6.45, 7) is 16.0. The number of carbonyl (C=O) groups excluding carboxylic acids is 4. The summed E-state index contributed by atoms with van der Waals surface area (Å²) in [4.78, 5) is 71.8. The highest BCUT2D eigenvalue weighted by atomic mass is 16.7. The highest BCUT2D eigenvalue weighted by Crippen LogP contribution is 2.39. The van der Waals surface area contributed by atoms with Crippen molar-refractivity contribution in [1.29, 1.82) is 0 Å². The SMILES string of the molecule is CC1(C)OB(c2ccc(N)cc2)OC1(C)C.CC1(C)OB(c2ccc(N3C(=O)c4cccc5cc([N+](=O)[O-])cc(c45)C3=O)cc2)OC1(C)C.O=C1OC(=O)c2cc([N+](=O)[O-])cc3cccc1c23. The normalized spacial score (nSPS) is 18.2. The second kappa shape index (κ2) is 16.5. The summed E-state index contributed by atoms with van der Waals surface area (Å²) in [6.07, 6.45) is 0. The molecule has 19 heteroatoms. The molecule has 0 radical (unpaired) electrons. The number of nitrogens with zero attached hydrogens (tertiary/aromatic N) is 3. The predicted octanol–water partition coefficient (Wildman–Crippen LogP) is 7.47. The molecule has 4 heterocycles. The number of carbonyl (C=O) groups is 4. The van der Waals surface area contributed by atoms with Crippen LogP contribution < -0.4 is 21.6 Å². The predicted molar refractivity (Wildman–Crippen MR) is 251 cm³/mol. The van der Waals surface area contributed by atoms with E-state index in [4.69, 9.17) is 24.4 Å². The van der Waals surface area contributed by atoms with Crippen LogP contribution in [0.25, 0.3) is 21.5 Å². The quantitative estimate of drug-likeness (QED) is 0.0336. The average molecular weight is 907 g/mol. The third-order valence-electron chi connectivity index (χ3n) is 13.0. The summed E-state index contributed by atoms with van der Waals surface area (Å²) in [6, 6.07) is 29.1. The van der Waals surface area contributed by atoms with E-state index in [9.17, 15) is 39.4 Å². The van der Waals surface area contributed by atoms with Crippen molar-refractivity contribution in [2.75, 3.05) is 10.6 Å². The number of non-ortho nitro benzene ring substituents is 2. The van der Waals surface area contributed by atoms with Gasteiger partial charge in [-0.3, -0.25) is 29.8 Å². The van der Waals surface area contributed by atoms with Crippen LogP contribution in [0.1, 0.15) is 96.8 Å². The third kappa shape index (κ3) is 8.31. The number of hydrogen-bond donors (Lipinski definition) is 1. The van der Waals surface area contributed by atoms with Gasteiger partial charge in [-0.2, -0.15) is 0 Å². The van der Waals surface area contributed by atoms with Crippen molar-refractivity contribution in [2.24, 2.45) is 0 Å². The van der Waals surface area contributed by atoms with E-state index in [0.29, 0.717) is 32.8 Å². The first-order valence-electron chi connectivity index (χ1n) is 21.1. The molecule has 2 saturated heterocycles. The van der Waals surface area contributed by atoms with Crippen molar-refractivity contribution in [3.8, 4) is 0 Å². The van der Waals surface area contributed by atoms with Gasteiger partial charge in [0.25, 0.3) is 23.2 Å². The molecule has 0 saturated carbocycles. The number of benzene rings is 6. The minimum absolute atomic E-state index is 0.0504. The second-order valence-electron chi connectivity index (χ2n) is 18.4. The summed E-state index contributed by atoms with van der Waals surface area (Å²) < 4.78 is 28.5. The fraction of sp³-hybridized carbons (Fsp3) is 0.250. The van der Waals surface area contributed by atoms with Crippen LogP contribution in [0.2, 0.25) is 0 Å². The molecule has 0 atom stereocenters. The molecule has 17 nitrogen and oxygen atoms in total. The molecule has 340 valence electrons. The Labute approximate surface area is 384 Å². The van der Waals surface area contributed by atoms with Crippen LogP contribution in [0.3, 0.4) is 0 Å². The Morgan fingerprint density at radius 2 is 0.896 bits per heavy atom. The molecule has 0 unspecified atom stereocenters. The van der Waals surface area contributed by atoms with Crippen molar-refractivity contribution >= 4 is 93.2 Å². The Balaban J connectivity index is 0.000000150. The first kappa shape index (κ1) is 46.2. The molecule has 0 aromatic heterocycles. The zero-order valence-electron chi connectivity index (χ0n) is 37.8. The lowest BCUT2D eigenvalue weighted by Gasteiger charge is -2.32. The van der Waals surface area contributed by atoms with E-state index in [1.165, 1.54) is 24.3 Å². The first-order chi connectivity index (χ1) is 31.4. The van der Waals surface area contributed by atoms with Gasteiger partial charge in [-0.1, -0.05) is 48.5 Å². The number of nitrogen functional groups attached to an aromatic ring is 1. The van der Waals surface area contributed by atoms with E-state index in [1.807, 2.05) is 79.7 Å². The molecule has 10 rings (SSSR count). The topological polar surface area (TPSA) is 230 Å². The molecule has 6 aromatic carbocycles. The van der Waals surface area contributed by atoms with Crippen molar-refractivity contribution in [3.63, 3.8) is 0 Å². The molecule has 2 fully saturated rings. The molecule has 2 N–H and O–H groups in total. The van der Waals surface area contributed by atoms with Gasteiger partial charge in [0.2, 0.25) is 0 Å². The number of cyclic esters (lactones) is 2. The zero-order valence-corrected chi connectivity index (χ0v) is 37.8. The summed E-state index contributed by atoms with van der Waals surface area (Å²) in [5.41, 5.74) is 7.30. The summed E-state index contributed by atoms with van der Waals surface area (Å²) in [7, 11) is -0.875. The van der Waals surface area contributed by atoms with Gasteiger partial charge < -0.3 is 29.1 Å². The van der Waals surface area contributed by atoms with Crippen molar-refractivity contribution in [1.82, 2.24) is 0 Å². The van der Waals surface area contributed by atoms with E-state index in [1.54, 1.807) is 54.6 Å². The Morgan fingerprint density at radius 3 is 1.36 bits per heavy atom. The number of rotatable bonds is 5. The Morgan fingerprint density at radius 1 is 0.507 bits per heavy atom. The standard InChI is InChI=1S/C24H21BN2O6.C12H18BNO2.C12H5NO5/c1-23(2)24(3,4)33-25(32-23)15-8-10-16(11-9-15)26-21(28)18-7-5-6-14-12-17(27(30)31)13-19(20(14)18)22(26)29;1-11(2)12(3,4)16-13(15-11)9-5-7-10(14)8-6-9;14-11-8-3-1-2-6-4-7(13(16)17)5-9(10(6)8)12(15)18-11/h5-13H,1-4H3;5-8H,14H2,1-4H3;1-5H. The number of nitro benzene ring substituents is 2. The van der Waals surface area contributed by atoms with E-state index >= 15 is 0 Å². The van der Waals surface area contributed by atoms with Crippen LogP contribution >= 0.6 is 0 Å². The number of ether oxygens (including phenoxy) is 1. The number of anilines is 2. The van der Waals surface area contributed by atoms with E-state index in [0.717, 1.165) is 27.6 Å². The summed E-state index contributed by atoms with van der Waals surface area (Å²) >= 11 is 0. The number of amides is 2. The van der Waals surface area contributed by atoms with Gasteiger partial charge in [0.15, 0.2) is 0 Å². The van der Waals surface area contributed by atoms with Crippen LogP contribution in [0.15, 0.2) is 109 Å². The van der Waals surface area contributed by atoms with E-state index in [2.05, 4.69) is 4.74 Å². The molecule has 2 amide bonds. The Bertz CT molecular complexity index is 3050. The number of esters is 2. The van der Waals surface area contributed by atoms with Gasteiger partial charge in [0.1, 0.15) is 0 Å². The maximum atomic E-state index is 13.3. The van der Waals surface area contributed by atoms with Gasteiger partial charge in [0.05, 0.1) is 54.6 Å². The van der Waals surface area contributed by atoms with Crippen LogP contribution in [0.4, 0.5) is 22.7 Å². The molecule has 0 bridgehead atoms. The van der Waals surface area contributed by atoms with Gasteiger partial charge >= 0.3 is 26.2 Å². The molecular formula is C48H44B2N4O13. The highest BCUT2D eigenvalue weighted by Gasteiger charge is 2.53. The minimum Gasteiger partial charge on any atom is -0.399 e. The first-order valence-corrected chi connectivity index (χ1v) is 21.1. The van der Waals surface area contributed by atoms with Gasteiger partial charge in [-0.25, -0.2) is 14.5 Å². The van der Waals surface area contributed by atoms with Gasteiger partial charge in [0, 0.05) is 46.3 Å². The number of imide groups is 1. The lowest BCUT2D eigenvalue weighted by Crippen LogP contribution is -2.41. The van der Waals surface area contributed by atoms with Crippen LogP contribution in [0, 0.1) is 20.2 Å². The third-order valence-corrected chi connectivity index (χ3v) is 13.0. The summed E-state index contributed by atoms with van der Waals surface area (Å²) in [5.74, 6) is -2.66. The number of hydrogen-bond acceptors (Lipinski definition) is 14. The average Bonchev–Trinajstić information content (AvgIpc) is 3.64. The maximum absolute atomic E-state index is 13.3. The maximum Gasteiger partial charge on any atom is 0.494 e. The van der Waals surface area contributed by atoms with Crippen LogP contribution in [-0.2, 0) is 23.4 Å². The van der Waals surface area contributed by atoms with E-state index in [-0.39, 0.29) is 46.4 Å². The van der Waals surface area contributed by atoms with Crippen LogP contribution in [-0.4, -0.2) is 70.2 Å². The van der Waals surface area contributed by atoms with E-state index < -0.39 is 51.9 Å². The fourth-order valence-electron chi connectivity index (χ4n) is 7.87. The highest BCUT2D eigenvalue weighted by molar-refractivity contribution is 6.62. The zero-order chi connectivity index (χ0) is 48.5. The van der Waals surface area contributed by atoms with Gasteiger partial charge in [-0.15, -0.1) is 0 Å². The summed E-state index contributed by atoms with van der Waals surface area (Å²) in [5, 5.41) is 24.0. The largest absolute Gasteiger partial charge is 0.494 e. The molecule has 6 aromatic rings. The molecule has 67 heavy (non-hydrogen) atoms. The van der Waals surface area contributed by atoms with Crippen molar-refractivity contribution < 1.29 is 52.4 Å². The van der Waals surface area contributed by atoms with Crippen molar-refractivity contribution in [3.05, 3.63) is 152 Å². The Kier molecular flexibility index (Phi) is 11.4. The number of nitrogens with two attached hydrogens (primary N) is 1. The van der Waals surface area contributed by atoms with Gasteiger partial charge in [-0.05, 0) is 113 Å². The molecule has 4 aliphatic rings. The molecule has 4 aliphatic heterocycles. The lowest BCUT2D eigenvalue weighted by atomic mass is 9.79. The smallest absolute Gasteiger partial charge is 0.399 e. The minimum atomic E-state index is -0.854. The van der Waals surface area contributed by atoms with Crippen molar-refractivity contribution in [2.45, 2.75) is 77.8 Å². The molecule has 0 aliphatic carbocycles. The second-order valence-corrected chi connectivity index (χ2v) is 18.4. The number of nitro groups is 2. The monoisotopic (exact) mass is 906 g/mol. The lowest BCUT2D eigenvalue weighted by molar-refractivity contribution is -0.384. The fourth-order valence-corrected chi connectivity index (χ4v) is 7.87.